The van der Waals surface area contributed by atoms with E-state index in [1.807, 2.05) is 170 Å². The van der Waals surface area contributed by atoms with Crippen molar-refractivity contribution in [2.45, 2.75) is 6.42 Å². The fourth-order valence-electron chi connectivity index (χ4n) is 9.46. The minimum Gasteiger partial charge on any atom is -0.308 e. The summed E-state index contributed by atoms with van der Waals surface area (Å²) in [4.78, 5) is 57.4. The third-order valence-electron chi connectivity index (χ3n) is 12.1. The Morgan fingerprint density at radius 1 is 0.288 bits per heavy atom. The first kappa shape index (κ1) is 33.2. The van der Waals surface area contributed by atoms with Crippen LogP contribution in [0.15, 0.2) is 189 Å². The highest BCUT2D eigenvalue weighted by Crippen LogP contribution is 2.34. The van der Waals surface area contributed by atoms with Crippen molar-refractivity contribution in [3.63, 3.8) is 0 Å². The van der Waals surface area contributed by atoms with Crippen molar-refractivity contribution in [2.75, 3.05) is 0 Å². The van der Waals surface area contributed by atoms with E-state index in [4.69, 9.17) is 0 Å². The Hall–Kier alpha value is -7.96. The molecule has 0 spiro atoms. The fourth-order valence-corrected chi connectivity index (χ4v) is 9.46. The van der Waals surface area contributed by atoms with Crippen LogP contribution >= 0.6 is 0 Å². The molecule has 59 heavy (non-hydrogen) atoms. The van der Waals surface area contributed by atoms with Crippen molar-refractivity contribution in [1.82, 2.24) is 8.80 Å². The number of rotatable bonds is 4. The summed E-state index contributed by atoms with van der Waals surface area (Å²) in [6.45, 7) is 0. The molecule has 0 amide bonds. The van der Waals surface area contributed by atoms with Crippen LogP contribution in [-0.4, -0.2) is 8.80 Å². The van der Waals surface area contributed by atoms with Crippen molar-refractivity contribution < 1.29 is 0 Å². The molecule has 6 nitrogen and oxygen atoms in total. The molecule has 6 heteroatoms. The summed E-state index contributed by atoms with van der Waals surface area (Å²) in [6.07, 6.45) is 0.468. The molecule has 0 saturated carbocycles. The minimum atomic E-state index is -0.139. The minimum absolute atomic E-state index is 0.101. The number of fused-ring (bicyclic) bond motifs is 8. The number of hydrogen-bond acceptors (Lipinski definition) is 4. The Kier molecular flexibility index (Phi) is 6.90. The molecule has 8 aromatic carbocycles. The van der Waals surface area contributed by atoms with E-state index in [2.05, 4.69) is 8.80 Å². The normalized spacial score (nSPS) is 12.1. The molecule has 0 aliphatic rings. The van der Waals surface area contributed by atoms with Crippen LogP contribution in [0.5, 0.6) is 0 Å². The van der Waals surface area contributed by atoms with Gasteiger partial charge in [0.25, 0.3) is 0 Å². The van der Waals surface area contributed by atoms with Crippen LogP contribution in [0.2, 0.25) is 0 Å². The number of pyridine rings is 4. The van der Waals surface area contributed by atoms with E-state index in [0.717, 1.165) is 55.4 Å². The zero-order valence-electron chi connectivity index (χ0n) is 31.4. The second kappa shape index (κ2) is 12.3. The average molecular weight is 759 g/mol. The predicted molar refractivity (Wildman–Crippen MR) is 241 cm³/mol. The summed E-state index contributed by atoms with van der Waals surface area (Å²) >= 11 is 0. The Balaban J connectivity index is 1.08. The molecule has 0 unspecified atom stereocenters. The standard InChI is InChI=1S/C53H30N2O4/c56-50-36-15-7-9-17-44(36)54-46-21-19-30(24-38(46)52(58)42-28-34(26-40(50)48(42)54)32-11-3-1-4-12-32)23-31-20-22-47-39(25-31)53(59)43-29-35(33-13-5-2-6-14-33)27-41-49(43)55(47)45-18-10-8-16-37(45)51(41)57/h1-22,24-29H,23H2. The van der Waals surface area contributed by atoms with Crippen LogP contribution in [0.4, 0.5) is 0 Å². The molecule has 276 valence electrons. The molecule has 0 aliphatic heterocycles. The molecule has 0 radical (unpaired) electrons. The van der Waals surface area contributed by atoms with Crippen LogP contribution in [0.25, 0.3) is 98.4 Å². The highest BCUT2D eigenvalue weighted by Gasteiger charge is 2.21. The molecule has 0 saturated heterocycles. The van der Waals surface area contributed by atoms with Crippen molar-refractivity contribution in [3.8, 4) is 22.3 Å². The lowest BCUT2D eigenvalue weighted by molar-refractivity contribution is 1.19. The van der Waals surface area contributed by atoms with Gasteiger partial charge in [0.2, 0.25) is 0 Å². The maximum atomic E-state index is 14.6. The quantitative estimate of drug-likeness (QED) is 0.132. The summed E-state index contributed by atoms with van der Waals surface area (Å²) in [5.41, 5.74) is 8.97. The monoisotopic (exact) mass is 758 g/mol. The highest BCUT2D eigenvalue weighted by atomic mass is 16.1. The Bertz CT molecular complexity index is 3740. The lowest BCUT2D eigenvalue weighted by Gasteiger charge is -2.17. The molecule has 0 aliphatic carbocycles. The first-order valence-electron chi connectivity index (χ1n) is 19.6. The lowest BCUT2D eigenvalue weighted by atomic mass is 9.95. The first-order chi connectivity index (χ1) is 28.9. The van der Waals surface area contributed by atoms with Crippen LogP contribution in [0.3, 0.4) is 0 Å². The van der Waals surface area contributed by atoms with E-state index in [-0.39, 0.29) is 21.7 Å². The molecule has 4 aromatic heterocycles. The second-order valence-electron chi connectivity index (χ2n) is 15.5. The molecular formula is C53H30N2O4. The van der Waals surface area contributed by atoms with Gasteiger partial charge in [-0.2, -0.15) is 0 Å². The van der Waals surface area contributed by atoms with E-state index in [0.29, 0.717) is 60.5 Å². The molecule has 0 bridgehead atoms. The van der Waals surface area contributed by atoms with Gasteiger partial charge in [0.1, 0.15) is 0 Å². The van der Waals surface area contributed by atoms with Gasteiger partial charge in [0.05, 0.1) is 33.1 Å². The second-order valence-corrected chi connectivity index (χ2v) is 15.5. The largest absolute Gasteiger partial charge is 0.308 e. The lowest BCUT2D eigenvalue weighted by Crippen LogP contribution is -2.15. The van der Waals surface area contributed by atoms with Gasteiger partial charge in [-0.3, -0.25) is 19.2 Å². The molecule has 4 heterocycles. The zero-order chi connectivity index (χ0) is 39.5. The highest BCUT2D eigenvalue weighted by molar-refractivity contribution is 6.11. The number of nitrogens with zero attached hydrogens (tertiary/aromatic N) is 2. The van der Waals surface area contributed by atoms with E-state index >= 15 is 0 Å². The zero-order valence-corrected chi connectivity index (χ0v) is 31.4. The third-order valence-corrected chi connectivity index (χ3v) is 12.1. The van der Waals surface area contributed by atoms with Crippen LogP contribution < -0.4 is 21.7 Å². The SMILES string of the molecule is O=c1c2ccccc2n2c3ccc(Cc4ccc5c(c4)c(=O)c4cc(-c6ccccc6)cc6c(=O)c7ccccc7n5c64)cc3c(=O)c3cc(-c4ccccc4)cc1c32. The van der Waals surface area contributed by atoms with E-state index in [9.17, 15) is 19.2 Å². The van der Waals surface area contributed by atoms with Crippen molar-refractivity contribution >= 4 is 76.2 Å². The Labute approximate surface area is 334 Å². The van der Waals surface area contributed by atoms with Gasteiger partial charge in [-0.25, -0.2) is 0 Å². The van der Waals surface area contributed by atoms with Crippen LogP contribution in [-0.2, 0) is 6.42 Å². The van der Waals surface area contributed by atoms with Gasteiger partial charge in [-0.15, -0.1) is 0 Å². The van der Waals surface area contributed by atoms with Gasteiger partial charge < -0.3 is 8.80 Å². The van der Waals surface area contributed by atoms with Gasteiger partial charge in [-0.1, -0.05) is 97.1 Å². The molecule has 0 atom stereocenters. The Morgan fingerprint density at radius 3 is 1.03 bits per heavy atom. The number of benzene rings is 8. The first-order valence-corrected chi connectivity index (χ1v) is 19.6. The predicted octanol–water partition coefficient (Wildman–Crippen LogP) is 10.4. The van der Waals surface area contributed by atoms with Gasteiger partial charge >= 0.3 is 0 Å². The third kappa shape index (κ3) is 4.74. The van der Waals surface area contributed by atoms with Gasteiger partial charge in [-0.05, 0) is 113 Å². The molecule has 12 rings (SSSR count). The van der Waals surface area contributed by atoms with Gasteiger partial charge in [0.15, 0.2) is 21.7 Å². The molecule has 0 fully saturated rings. The van der Waals surface area contributed by atoms with E-state index in [1.54, 1.807) is 0 Å². The van der Waals surface area contributed by atoms with Crippen molar-refractivity contribution in [2.24, 2.45) is 0 Å². The topological polar surface area (TPSA) is 77.1 Å². The van der Waals surface area contributed by atoms with Crippen LogP contribution in [0, 0.1) is 0 Å². The summed E-state index contributed by atoms with van der Waals surface area (Å²) in [5.74, 6) is 0. The molecular weight excluding hydrogens is 729 g/mol. The average Bonchev–Trinajstić information content (AvgIpc) is 3.29. The van der Waals surface area contributed by atoms with E-state index < -0.39 is 0 Å². The molecule has 0 N–H and O–H groups in total. The van der Waals surface area contributed by atoms with Crippen molar-refractivity contribution in [3.05, 3.63) is 222 Å². The number of para-hydroxylation sites is 2. The van der Waals surface area contributed by atoms with E-state index in [1.165, 1.54) is 0 Å². The summed E-state index contributed by atoms with van der Waals surface area (Å²) in [5, 5.41) is 4.26. The van der Waals surface area contributed by atoms with Crippen molar-refractivity contribution in [1.29, 1.82) is 0 Å². The maximum Gasteiger partial charge on any atom is 0.197 e. The summed E-state index contributed by atoms with van der Waals surface area (Å²) in [7, 11) is 0. The summed E-state index contributed by atoms with van der Waals surface area (Å²) < 4.78 is 4.12. The smallest absolute Gasteiger partial charge is 0.197 e. The van der Waals surface area contributed by atoms with Gasteiger partial charge in [0, 0.05) is 43.1 Å². The van der Waals surface area contributed by atoms with Crippen LogP contribution in [0.1, 0.15) is 11.1 Å². The summed E-state index contributed by atoms with van der Waals surface area (Å²) in [6, 6.07) is 54.3. The molecule has 12 aromatic rings. The Morgan fingerprint density at radius 2 is 0.627 bits per heavy atom. The maximum absolute atomic E-state index is 14.6. The number of aromatic nitrogens is 2. The fraction of sp³-hybridized carbons (Fsp3) is 0.0189. The number of hydrogen-bond donors (Lipinski definition) is 0.